The molecule has 1 aromatic rings. The molecule has 0 heterocycles. The average molecular weight is 232 g/mol. The van der Waals surface area contributed by atoms with E-state index in [9.17, 15) is 10.1 Å². The van der Waals surface area contributed by atoms with Crippen LogP contribution >= 0.6 is 11.6 Å². The van der Waals surface area contributed by atoms with Crippen LogP contribution in [0.1, 0.15) is 0 Å². The van der Waals surface area contributed by atoms with Gasteiger partial charge in [-0.05, 0) is 6.07 Å². The fourth-order valence-electron chi connectivity index (χ4n) is 1.06. The van der Waals surface area contributed by atoms with Gasteiger partial charge in [0.15, 0.2) is 0 Å². The van der Waals surface area contributed by atoms with Crippen LogP contribution in [0.5, 0.6) is 0 Å². The molecular weight excluding hydrogens is 222 g/mol. The maximum absolute atomic E-state index is 10.7. The Hall–Kier alpha value is -1.53. The zero-order chi connectivity index (χ0) is 11.4. The highest BCUT2D eigenvalue weighted by Gasteiger charge is 2.15. The van der Waals surface area contributed by atoms with Gasteiger partial charge in [-0.3, -0.25) is 10.1 Å². The molecule has 4 N–H and O–H groups in total. The Labute approximate surface area is 90.8 Å². The molecule has 0 bridgehead atoms. The van der Waals surface area contributed by atoms with Gasteiger partial charge in [0.2, 0.25) is 0 Å². The molecule has 1 aromatic carbocycles. The fraction of sp³-hybridized carbons (Fsp3) is 0.250. The molecule has 0 saturated carbocycles. The van der Waals surface area contributed by atoms with Gasteiger partial charge in [-0.2, -0.15) is 0 Å². The minimum atomic E-state index is -0.563. The summed E-state index contributed by atoms with van der Waals surface area (Å²) in [7, 11) is 0. The first kappa shape index (κ1) is 11.5. The number of nitrogens with one attached hydrogen (secondary N) is 1. The second kappa shape index (κ2) is 4.81. The molecule has 0 atom stereocenters. The Morgan fingerprint density at radius 3 is 2.80 bits per heavy atom. The van der Waals surface area contributed by atoms with Gasteiger partial charge >= 0.3 is 0 Å². The van der Waals surface area contributed by atoms with Gasteiger partial charge in [-0.15, -0.1) is 0 Å². The third kappa shape index (κ3) is 2.71. The van der Waals surface area contributed by atoms with E-state index in [4.69, 9.17) is 22.4 Å². The molecule has 82 valence electrons. The number of nitrogens with zero attached hydrogens (tertiary/aromatic N) is 1. The van der Waals surface area contributed by atoms with E-state index in [2.05, 4.69) is 5.32 Å². The highest BCUT2D eigenvalue weighted by Crippen LogP contribution is 2.32. The van der Waals surface area contributed by atoms with E-state index in [-0.39, 0.29) is 35.2 Å². The molecule has 15 heavy (non-hydrogen) atoms. The molecule has 0 unspecified atom stereocenters. The molecule has 0 spiro atoms. The lowest BCUT2D eigenvalue weighted by atomic mass is 10.2. The molecule has 6 nitrogen and oxygen atoms in total. The number of halogens is 1. The average Bonchev–Trinajstić information content (AvgIpc) is 2.19. The predicted octanol–water partition coefficient (Wildman–Crippen LogP) is 1.23. The summed E-state index contributed by atoms with van der Waals surface area (Å²) in [6.45, 7) is 0.0836. The summed E-state index contributed by atoms with van der Waals surface area (Å²) < 4.78 is 0. The SMILES string of the molecule is Nc1cc([N+](=O)[O-])c(NCCO)cc1Cl. The number of nitrogens with two attached hydrogens (primary N) is 1. The lowest BCUT2D eigenvalue weighted by Crippen LogP contribution is -2.08. The highest BCUT2D eigenvalue weighted by molar-refractivity contribution is 6.33. The molecule has 0 aromatic heterocycles. The van der Waals surface area contributed by atoms with Crippen LogP contribution in [0.3, 0.4) is 0 Å². The lowest BCUT2D eigenvalue weighted by molar-refractivity contribution is -0.383. The Bertz CT molecular complexity index is 384. The molecule has 0 amide bonds. The normalized spacial score (nSPS) is 10.0. The predicted molar refractivity (Wildman–Crippen MR) is 58.1 cm³/mol. The van der Waals surface area contributed by atoms with Crippen LogP contribution < -0.4 is 11.1 Å². The molecule has 0 aliphatic rings. The zero-order valence-electron chi connectivity index (χ0n) is 7.74. The highest BCUT2D eigenvalue weighted by atomic mass is 35.5. The molecule has 0 aliphatic carbocycles. The van der Waals surface area contributed by atoms with Crippen molar-refractivity contribution in [2.45, 2.75) is 0 Å². The summed E-state index contributed by atoms with van der Waals surface area (Å²) >= 11 is 5.72. The van der Waals surface area contributed by atoms with Crippen LogP contribution in [0.2, 0.25) is 5.02 Å². The summed E-state index contributed by atoms with van der Waals surface area (Å²) in [5.74, 6) is 0. The number of rotatable bonds is 4. The van der Waals surface area contributed by atoms with E-state index in [0.717, 1.165) is 0 Å². The summed E-state index contributed by atoms with van der Waals surface area (Å²) in [5.41, 5.74) is 5.68. The minimum Gasteiger partial charge on any atom is -0.397 e. The van der Waals surface area contributed by atoms with Crippen LogP contribution in [-0.2, 0) is 0 Å². The van der Waals surface area contributed by atoms with Crippen molar-refractivity contribution in [2.75, 3.05) is 24.2 Å². The minimum absolute atomic E-state index is 0.126. The third-order valence-electron chi connectivity index (χ3n) is 1.74. The standard InChI is InChI=1S/C8H10ClN3O3/c9-5-3-7(11-1-2-13)8(12(14)15)4-6(5)10/h3-4,11,13H,1-2,10H2. The van der Waals surface area contributed by atoms with E-state index < -0.39 is 4.92 Å². The van der Waals surface area contributed by atoms with Gasteiger partial charge in [0.25, 0.3) is 5.69 Å². The molecular formula is C8H10ClN3O3. The van der Waals surface area contributed by atoms with Crippen LogP contribution in [-0.4, -0.2) is 23.2 Å². The number of nitro benzene ring substituents is 1. The monoisotopic (exact) mass is 231 g/mol. The Balaban J connectivity index is 3.10. The topological polar surface area (TPSA) is 101 Å². The largest absolute Gasteiger partial charge is 0.397 e. The van der Waals surface area contributed by atoms with E-state index in [1.807, 2.05) is 0 Å². The Kier molecular flexibility index (Phi) is 3.70. The van der Waals surface area contributed by atoms with Crippen molar-refractivity contribution in [2.24, 2.45) is 0 Å². The van der Waals surface area contributed by atoms with Crippen LogP contribution in [0.4, 0.5) is 17.1 Å². The van der Waals surface area contributed by atoms with E-state index in [1.54, 1.807) is 0 Å². The van der Waals surface area contributed by atoms with Crippen LogP contribution in [0, 0.1) is 10.1 Å². The number of aliphatic hydroxyl groups excluding tert-OH is 1. The van der Waals surface area contributed by atoms with Crippen molar-refractivity contribution >= 4 is 28.7 Å². The van der Waals surface area contributed by atoms with Gasteiger partial charge in [0.1, 0.15) is 5.69 Å². The van der Waals surface area contributed by atoms with Crippen molar-refractivity contribution < 1.29 is 10.0 Å². The van der Waals surface area contributed by atoms with Crippen LogP contribution in [0.25, 0.3) is 0 Å². The summed E-state index contributed by atoms with van der Waals surface area (Å²) in [4.78, 5) is 10.1. The Morgan fingerprint density at radius 1 is 1.60 bits per heavy atom. The Morgan fingerprint density at radius 2 is 2.27 bits per heavy atom. The number of aliphatic hydroxyl groups is 1. The third-order valence-corrected chi connectivity index (χ3v) is 2.07. The second-order valence-electron chi connectivity index (χ2n) is 2.80. The number of hydrogen-bond donors (Lipinski definition) is 3. The first-order valence-corrected chi connectivity index (χ1v) is 4.52. The number of nitro groups is 1. The van der Waals surface area contributed by atoms with Crippen molar-refractivity contribution in [1.82, 2.24) is 0 Å². The maximum atomic E-state index is 10.7. The van der Waals surface area contributed by atoms with Gasteiger partial charge in [0.05, 0.1) is 22.2 Å². The van der Waals surface area contributed by atoms with Crippen molar-refractivity contribution in [1.29, 1.82) is 0 Å². The van der Waals surface area contributed by atoms with E-state index in [1.165, 1.54) is 12.1 Å². The second-order valence-corrected chi connectivity index (χ2v) is 3.21. The van der Waals surface area contributed by atoms with Crippen molar-refractivity contribution in [3.05, 3.63) is 27.3 Å². The number of hydrogen-bond acceptors (Lipinski definition) is 5. The summed E-state index contributed by atoms with van der Waals surface area (Å²) in [6.07, 6.45) is 0. The van der Waals surface area contributed by atoms with E-state index in [0.29, 0.717) is 0 Å². The van der Waals surface area contributed by atoms with Gasteiger partial charge in [0, 0.05) is 12.6 Å². The first-order valence-electron chi connectivity index (χ1n) is 4.14. The molecule has 0 radical (unpaired) electrons. The summed E-state index contributed by atoms with van der Waals surface area (Å²) in [6, 6.07) is 2.55. The zero-order valence-corrected chi connectivity index (χ0v) is 8.49. The summed E-state index contributed by atoms with van der Waals surface area (Å²) in [5, 5.41) is 22.2. The quantitative estimate of drug-likeness (QED) is 0.411. The lowest BCUT2D eigenvalue weighted by Gasteiger charge is -2.07. The van der Waals surface area contributed by atoms with Gasteiger partial charge in [-0.1, -0.05) is 11.6 Å². The van der Waals surface area contributed by atoms with E-state index >= 15 is 0 Å². The number of nitrogen functional groups attached to an aromatic ring is 1. The molecule has 0 aliphatic heterocycles. The molecule has 0 saturated heterocycles. The molecule has 1 rings (SSSR count). The number of benzene rings is 1. The van der Waals surface area contributed by atoms with Crippen molar-refractivity contribution in [3.8, 4) is 0 Å². The van der Waals surface area contributed by atoms with Gasteiger partial charge in [-0.25, -0.2) is 0 Å². The molecule has 0 fully saturated rings. The van der Waals surface area contributed by atoms with Crippen LogP contribution in [0.15, 0.2) is 12.1 Å². The molecule has 7 heteroatoms. The smallest absolute Gasteiger partial charge is 0.294 e. The number of anilines is 2. The van der Waals surface area contributed by atoms with Crippen molar-refractivity contribution in [3.63, 3.8) is 0 Å². The van der Waals surface area contributed by atoms with Gasteiger partial charge < -0.3 is 16.2 Å². The first-order chi connectivity index (χ1) is 7.06. The fourth-order valence-corrected chi connectivity index (χ4v) is 1.22. The maximum Gasteiger partial charge on any atom is 0.294 e.